The summed E-state index contributed by atoms with van der Waals surface area (Å²) in [5.74, 6) is 0.733. The van der Waals surface area contributed by atoms with E-state index in [0.717, 1.165) is 6.54 Å². The van der Waals surface area contributed by atoms with Crippen molar-refractivity contribution in [3.8, 4) is 5.75 Å². The zero-order valence-corrected chi connectivity index (χ0v) is 8.17. The molecule has 1 aromatic rings. The van der Waals surface area contributed by atoms with E-state index in [4.69, 9.17) is 5.11 Å². The monoisotopic (exact) mass is 218 g/mol. The van der Waals surface area contributed by atoms with Gasteiger partial charge in [0.2, 0.25) is 0 Å². The van der Waals surface area contributed by atoms with E-state index in [0.29, 0.717) is 10.5 Å². The summed E-state index contributed by atoms with van der Waals surface area (Å²) in [6, 6.07) is 0. The van der Waals surface area contributed by atoms with Crippen LogP contribution in [0.1, 0.15) is 13.8 Å². The zero-order valence-electron chi connectivity index (χ0n) is 6.58. The smallest absolute Gasteiger partial charge is 0.168 e. The van der Waals surface area contributed by atoms with Crippen molar-refractivity contribution in [3.63, 3.8) is 0 Å². The van der Waals surface area contributed by atoms with Crippen molar-refractivity contribution in [2.24, 2.45) is 5.92 Å². The van der Waals surface area contributed by atoms with E-state index in [9.17, 15) is 0 Å². The topological polar surface area (TPSA) is 38.0 Å². The first-order valence-electron chi connectivity index (χ1n) is 3.51. The molecule has 0 aromatic carbocycles. The van der Waals surface area contributed by atoms with Gasteiger partial charge in [-0.15, -0.1) is 0 Å². The first-order chi connectivity index (χ1) is 5.11. The van der Waals surface area contributed by atoms with E-state index in [1.165, 1.54) is 6.20 Å². The molecule has 0 aliphatic rings. The number of hydrogen-bond acceptors (Lipinski definition) is 2. The molecule has 0 fully saturated rings. The van der Waals surface area contributed by atoms with Crippen LogP contribution in [0.5, 0.6) is 5.75 Å². The molecule has 0 unspecified atom stereocenters. The highest BCUT2D eigenvalue weighted by Crippen LogP contribution is 2.22. The molecule has 0 saturated heterocycles. The van der Waals surface area contributed by atoms with Crippen LogP contribution in [0.25, 0.3) is 0 Å². The van der Waals surface area contributed by atoms with Crippen LogP contribution in [0.2, 0.25) is 0 Å². The SMILES string of the molecule is CC(C)Cn1ncc(O)c1Br. The van der Waals surface area contributed by atoms with E-state index >= 15 is 0 Å². The number of aromatic nitrogens is 2. The molecule has 1 N–H and O–H groups in total. The first kappa shape index (κ1) is 8.59. The Labute approximate surface area is 74.2 Å². The lowest BCUT2D eigenvalue weighted by Crippen LogP contribution is -2.05. The molecule has 11 heavy (non-hydrogen) atoms. The third kappa shape index (κ3) is 1.96. The Balaban J connectivity index is 2.79. The molecular weight excluding hydrogens is 208 g/mol. The minimum Gasteiger partial charge on any atom is -0.504 e. The van der Waals surface area contributed by atoms with Gasteiger partial charge < -0.3 is 5.11 Å². The predicted octanol–water partition coefficient (Wildman–Crippen LogP) is 2.01. The maximum absolute atomic E-state index is 9.12. The fourth-order valence-corrected chi connectivity index (χ4v) is 1.17. The molecule has 0 aliphatic heterocycles. The van der Waals surface area contributed by atoms with Crippen molar-refractivity contribution in [2.75, 3.05) is 0 Å². The average Bonchev–Trinajstić information content (AvgIpc) is 2.18. The number of nitrogens with zero attached hydrogens (tertiary/aromatic N) is 2. The van der Waals surface area contributed by atoms with E-state index < -0.39 is 0 Å². The second kappa shape index (κ2) is 3.26. The normalized spacial score (nSPS) is 10.9. The summed E-state index contributed by atoms with van der Waals surface area (Å²) in [4.78, 5) is 0. The Morgan fingerprint density at radius 1 is 1.73 bits per heavy atom. The van der Waals surface area contributed by atoms with Crippen molar-refractivity contribution in [1.29, 1.82) is 0 Å². The Bertz CT molecular complexity index is 245. The maximum Gasteiger partial charge on any atom is 0.168 e. The molecule has 0 spiro atoms. The Morgan fingerprint density at radius 3 is 2.73 bits per heavy atom. The van der Waals surface area contributed by atoms with Gasteiger partial charge >= 0.3 is 0 Å². The van der Waals surface area contributed by atoms with Gasteiger partial charge in [-0.3, -0.25) is 4.68 Å². The Kier molecular flexibility index (Phi) is 2.54. The number of rotatable bonds is 2. The van der Waals surface area contributed by atoms with Gasteiger partial charge in [0, 0.05) is 6.54 Å². The van der Waals surface area contributed by atoms with Crippen molar-refractivity contribution in [1.82, 2.24) is 9.78 Å². The summed E-state index contributed by atoms with van der Waals surface area (Å²) in [5, 5.41) is 13.1. The van der Waals surface area contributed by atoms with Crippen LogP contribution in [0.3, 0.4) is 0 Å². The standard InChI is InChI=1S/C7H11BrN2O/c1-5(2)4-10-7(8)6(11)3-9-10/h3,5,11H,4H2,1-2H3. The van der Waals surface area contributed by atoms with Crippen LogP contribution in [0, 0.1) is 5.92 Å². The van der Waals surface area contributed by atoms with Crippen LogP contribution < -0.4 is 0 Å². The lowest BCUT2D eigenvalue weighted by atomic mass is 10.2. The summed E-state index contributed by atoms with van der Waals surface area (Å²) in [6.07, 6.45) is 1.44. The molecule has 1 aromatic heterocycles. The highest BCUT2D eigenvalue weighted by molar-refractivity contribution is 9.10. The molecule has 0 radical (unpaired) electrons. The third-order valence-electron chi connectivity index (χ3n) is 1.30. The average molecular weight is 219 g/mol. The van der Waals surface area contributed by atoms with Gasteiger partial charge in [0.1, 0.15) is 4.60 Å². The van der Waals surface area contributed by atoms with Crippen LogP contribution in [0.15, 0.2) is 10.8 Å². The minimum absolute atomic E-state index is 0.200. The summed E-state index contributed by atoms with van der Waals surface area (Å²) in [6.45, 7) is 5.03. The molecule has 0 saturated carbocycles. The van der Waals surface area contributed by atoms with Gasteiger partial charge in [0.15, 0.2) is 5.75 Å². The Morgan fingerprint density at radius 2 is 2.36 bits per heavy atom. The first-order valence-corrected chi connectivity index (χ1v) is 4.31. The molecule has 1 heterocycles. The van der Waals surface area contributed by atoms with E-state index in [1.807, 2.05) is 0 Å². The molecule has 0 amide bonds. The van der Waals surface area contributed by atoms with E-state index in [1.54, 1.807) is 4.68 Å². The zero-order chi connectivity index (χ0) is 8.43. The number of aromatic hydroxyl groups is 1. The summed E-state index contributed by atoms with van der Waals surface area (Å²) in [7, 11) is 0. The van der Waals surface area contributed by atoms with Crippen LogP contribution in [-0.2, 0) is 6.54 Å². The van der Waals surface area contributed by atoms with Crippen LogP contribution in [0.4, 0.5) is 0 Å². The second-order valence-corrected chi connectivity index (χ2v) is 3.65. The van der Waals surface area contributed by atoms with Crippen molar-refractivity contribution in [2.45, 2.75) is 20.4 Å². The van der Waals surface area contributed by atoms with Gasteiger partial charge in [0.05, 0.1) is 6.20 Å². The van der Waals surface area contributed by atoms with Crippen molar-refractivity contribution >= 4 is 15.9 Å². The summed E-state index contributed by atoms with van der Waals surface area (Å²) < 4.78 is 2.39. The number of hydrogen-bond donors (Lipinski definition) is 1. The number of halogens is 1. The van der Waals surface area contributed by atoms with Crippen molar-refractivity contribution < 1.29 is 5.11 Å². The Hall–Kier alpha value is -0.510. The van der Waals surface area contributed by atoms with Crippen LogP contribution in [-0.4, -0.2) is 14.9 Å². The lowest BCUT2D eigenvalue weighted by Gasteiger charge is -2.05. The van der Waals surface area contributed by atoms with Crippen LogP contribution >= 0.6 is 15.9 Å². The highest BCUT2D eigenvalue weighted by atomic mass is 79.9. The minimum atomic E-state index is 0.200. The largest absolute Gasteiger partial charge is 0.504 e. The quantitative estimate of drug-likeness (QED) is 0.826. The van der Waals surface area contributed by atoms with Gasteiger partial charge in [-0.1, -0.05) is 13.8 Å². The van der Waals surface area contributed by atoms with E-state index in [-0.39, 0.29) is 5.75 Å². The molecule has 4 heteroatoms. The summed E-state index contributed by atoms with van der Waals surface area (Å²) >= 11 is 3.23. The molecule has 0 aliphatic carbocycles. The lowest BCUT2D eigenvalue weighted by molar-refractivity contribution is 0.454. The molecule has 3 nitrogen and oxygen atoms in total. The van der Waals surface area contributed by atoms with Gasteiger partial charge in [-0.05, 0) is 21.8 Å². The molecule has 0 atom stereocenters. The predicted molar refractivity (Wildman–Crippen MR) is 46.4 cm³/mol. The molecule has 0 bridgehead atoms. The molecule has 1 rings (SSSR count). The summed E-state index contributed by atoms with van der Waals surface area (Å²) in [5.41, 5.74) is 0. The fourth-order valence-electron chi connectivity index (χ4n) is 0.834. The van der Waals surface area contributed by atoms with Gasteiger partial charge in [0.25, 0.3) is 0 Å². The maximum atomic E-state index is 9.12. The molecular formula is C7H11BrN2O. The third-order valence-corrected chi connectivity index (χ3v) is 2.11. The van der Waals surface area contributed by atoms with Crippen molar-refractivity contribution in [3.05, 3.63) is 10.8 Å². The second-order valence-electron chi connectivity index (χ2n) is 2.90. The highest BCUT2D eigenvalue weighted by Gasteiger charge is 2.06. The van der Waals surface area contributed by atoms with Gasteiger partial charge in [-0.2, -0.15) is 5.10 Å². The van der Waals surface area contributed by atoms with E-state index in [2.05, 4.69) is 34.9 Å². The van der Waals surface area contributed by atoms with Gasteiger partial charge in [-0.25, -0.2) is 0 Å². The fraction of sp³-hybridized carbons (Fsp3) is 0.571. The molecule has 62 valence electrons.